The van der Waals surface area contributed by atoms with Crippen LogP contribution < -0.4 is 11.2 Å². The molecule has 1 fully saturated rings. The van der Waals surface area contributed by atoms with Crippen molar-refractivity contribution in [2.45, 2.75) is 25.8 Å². The summed E-state index contributed by atoms with van der Waals surface area (Å²) in [6.45, 7) is 1.45. The number of benzene rings is 1. The quantitative estimate of drug-likeness (QED) is 0.547. The predicted molar refractivity (Wildman–Crippen MR) is 101 cm³/mol. The zero-order valence-electron chi connectivity index (χ0n) is 16.2. The van der Waals surface area contributed by atoms with E-state index in [0.29, 0.717) is 11.0 Å². The highest BCUT2D eigenvalue weighted by molar-refractivity contribution is 6.02. The van der Waals surface area contributed by atoms with Crippen LogP contribution in [-0.4, -0.2) is 41.2 Å². The van der Waals surface area contributed by atoms with Gasteiger partial charge in [0.05, 0.1) is 20.3 Å². The van der Waals surface area contributed by atoms with Crippen LogP contribution in [0.1, 0.15) is 34.8 Å². The Morgan fingerprint density at radius 3 is 2.10 bits per heavy atom. The highest BCUT2D eigenvalue weighted by Gasteiger charge is 2.62. The number of hydrogen-bond donors (Lipinski definition) is 0. The Labute approximate surface area is 165 Å². The maximum Gasteiger partial charge on any atom is 0.338 e. The SMILES string of the molecule is COC(=O)C1(C(=O)OC)CCC1n1cc(C)c(=O)n(C(=O)c2ccccc2)c1=O. The Kier molecular flexibility index (Phi) is 5.23. The summed E-state index contributed by atoms with van der Waals surface area (Å²) < 4.78 is 11.2. The molecule has 1 aromatic carbocycles. The number of rotatable bonds is 4. The van der Waals surface area contributed by atoms with E-state index in [2.05, 4.69) is 0 Å². The summed E-state index contributed by atoms with van der Waals surface area (Å²) in [6.07, 6.45) is 1.67. The van der Waals surface area contributed by atoms with Gasteiger partial charge in [-0.15, -0.1) is 0 Å². The summed E-state index contributed by atoms with van der Waals surface area (Å²) in [4.78, 5) is 63.4. The summed E-state index contributed by atoms with van der Waals surface area (Å²) in [5.41, 5.74) is -3.13. The van der Waals surface area contributed by atoms with E-state index in [-0.39, 0.29) is 17.5 Å². The number of methoxy groups -OCH3 is 2. The summed E-state index contributed by atoms with van der Waals surface area (Å²) in [5, 5.41) is 0. The third-order valence-corrected chi connectivity index (χ3v) is 5.33. The molecule has 0 N–H and O–H groups in total. The summed E-state index contributed by atoms with van der Waals surface area (Å²) in [7, 11) is 2.27. The maximum atomic E-state index is 13.1. The van der Waals surface area contributed by atoms with Crippen LogP contribution in [0.15, 0.2) is 46.1 Å². The van der Waals surface area contributed by atoms with Gasteiger partial charge in [-0.25, -0.2) is 4.79 Å². The summed E-state index contributed by atoms with van der Waals surface area (Å²) >= 11 is 0. The van der Waals surface area contributed by atoms with E-state index in [1.165, 1.54) is 25.3 Å². The van der Waals surface area contributed by atoms with Crippen molar-refractivity contribution in [1.82, 2.24) is 9.13 Å². The Morgan fingerprint density at radius 2 is 1.62 bits per heavy atom. The van der Waals surface area contributed by atoms with Gasteiger partial charge in [0.15, 0.2) is 5.41 Å². The second-order valence-electron chi connectivity index (χ2n) is 6.82. The molecule has 152 valence electrons. The number of ether oxygens (including phenoxy) is 2. The van der Waals surface area contributed by atoms with Crippen LogP contribution in [0.2, 0.25) is 0 Å². The normalized spacial score (nSPS) is 17.1. The van der Waals surface area contributed by atoms with Crippen molar-refractivity contribution in [1.29, 1.82) is 0 Å². The first-order valence-corrected chi connectivity index (χ1v) is 8.91. The zero-order chi connectivity index (χ0) is 21.3. The molecule has 29 heavy (non-hydrogen) atoms. The van der Waals surface area contributed by atoms with Gasteiger partial charge >= 0.3 is 17.6 Å². The fraction of sp³-hybridized carbons (Fsp3) is 0.350. The standard InChI is InChI=1S/C20H20N2O7/c1-12-11-21(14-9-10-20(14,17(25)28-2)18(26)29-3)19(27)22(15(12)23)16(24)13-7-5-4-6-8-13/h4-8,11,14H,9-10H2,1-3H3. The van der Waals surface area contributed by atoms with Crippen molar-refractivity contribution < 1.29 is 23.9 Å². The summed E-state index contributed by atoms with van der Waals surface area (Å²) in [5.74, 6) is -2.46. The topological polar surface area (TPSA) is 114 Å². The second kappa shape index (κ2) is 7.50. The molecule has 9 nitrogen and oxygen atoms in total. The molecule has 0 aliphatic heterocycles. The number of esters is 2. The third kappa shape index (κ3) is 2.98. The molecule has 1 aliphatic rings. The molecule has 1 aliphatic carbocycles. The van der Waals surface area contributed by atoms with Gasteiger partial charge in [-0.1, -0.05) is 18.2 Å². The van der Waals surface area contributed by atoms with Gasteiger partial charge in [0, 0.05) is 17.3 Å². The number of nitrogens with zero attached hydrogens (tertiary/aromatic N) is 2. The molecule has 1 heterocycles. The molecule has 1 atom stereocenters. The monoisotopic (exact) mass is 400 g/mol. The minimum Gasteiger partial charge on any atom is -0.468 e. The molecule has 0 spiro atoms. The van der Waals surface area contributed by atoms with E-state index in [1.54, 1.807) is 18.2 Å². The van der Waals surface area contributed by atoms with Gasteiger partial charge in [-0.05, 0) is 31.9 Å². The van der Waals surface area contributed by atoms with Crippen LogP contribution in [0.25, 0.3) is 0 Å². The molecule has 1 unspecified atom stereocenters. The van der Waals surface area contributed by atoms with Crippen molar-refractivity contribution in [3.8, 4) is 0 Å². The van der Waals surface area contributed by atoms with Gasteiger partial charge in [-0.2, -0.15) is 4.57 Å². The first-order chi connectivity index (χ1) is 13.8. The number of carbonyl (C=O) groups is 3. The highest BCUT2D eigenvalue weighted by Crippen LogP contribution is 2.51. The lowest BCUT2D eigenvalue weighted by Gasteiger charge is -2.44. The minimum atomic E-state index is -1.71. The molecule has 0 bridgehead atoms. The molecule has 9 heteroatoms. The fourth-order valence-corrected chi connectivity index (χ4v) is 3.67. The Bertz CT molecular complexity index is 1080. The largest absolute Gasteiger partial charge is 0.468 e. The van der Waals surface area contributed by atoms with Crippen molar-refractivity contribution in [2.24, 2.45) is 5.41 Å². The van der Waals surface area contributed by atoms with Crippen LogP contribution in [0.5, 0.6) is 0 Å². The van der Waals surface area contributed by atoms with Gasteiger partial charge in [0.25, 0.3) is 11.5 Å². The first kappa shape index (κ1) is 20.2. The lowest BCUT2D eigenvalue weighted by atomic mass is 9.64. The van der Waals surface area contributed by atoms with E-state index in [4.69, 9.17) is 9.47 Å². The van der Waals surface area contributed by atoms with Gasteiger partial charge in [0.1, 0.15) is 0 Å². The van der Waals surface area contributed by atoms with E-state index in [9.17, 15) is 24.0 Å². The number of hydrogen-bond acceptors (Lipinski definition) is 7. The number of aromatic nitrogens is 2. The molecule has 0 radical (unpaired) electrons. The van der Waals surface area contributed by atoms with Crippen LogP contribution in [0.4, 0.5) is 0 Å². The van der Waals surface area contributed by atoms with E-state index in [0.717, 1.165) is 18.8 Å². The average Bonchev–Trinajstić information content (AvgIpc) is 2.71. The van der Waals surface area contributed by atoms with Crippen LogP contribution in [0, 0.1) is 12.3 Å². The van der Waals surface area contributed by atoms with Crippen LogP contribution in [0.3, 0.4) is 0 Å². The minimum absolute atomic E-state index is 0.115. The highest BCUT2D eigenvalue weighted by atomic mass is 16.5. The van der Waals surface area contributed by atoms with Crippen LogP contribution >= 0.6 is 0 Å². The van der Waals surface area contributed by atoms with Crippen molar-refractivity contribution in [3.05, 3.63) is 68.5 Å². The molecule has 1 aromatic heterocycles. The maximum absolute atomic E-state index is 13.1. The molecule has 0 amide bonds. The fourth-order valence-electron chi connectivity index (χ4n) is 3.67. The molecule has 1 saturated carbocycles. The lowest BCUT2D eigenvalue weighted by Crippen LogP contribution is -2.58. The Hall–Kier alpha value is -3.49. The lowest BCUT2D eigenvalue weighted by molar-refractivity contribution is -0.182. The van der Waals surface area contributed by atoms with Gasteiger partial charge < -0.3 is 9.47 Å². The van der Waals surface area contributed by atoms with Crippen molar-refractivity contribution in [2.75, 3.05) is 14.2 Å². The number of aryl methyl sites for hydroxylation is 1. The predicted octanol–water partition coefficient (Wildman–Crippen LogP) is 0.674. The molecule has 0 saturated heterocycles. The second-order valence-corrected chi connectivity index (χ2v) is 6.82. The smallest absolute Gasteiger partial charge is 0.338 e. The van der Waals surface area contributed by atoms with Crippen molar-refractivity contribution >= 4 is 17.8 Å². The zero-order valence-corrected chi connectivity index (χ0v) is 16.2. The van der Waals surface area contributed by atoms with E-state index >= 15 is 0 Å². The van der Waals surface area contributed by atoms with Gasteiger partial charge in [0.2, 0.25) is 0 Å². The molecule has 2 aromatic rings. The summed E-state index contributed by atoms with van der Waals surface area (Å²) in [6, 6.07) is 6.94. The third-order valence-electron chi connectivity index (χ3n) is 5.33. The Balaban J connectivity index is 2.20. The van der Waals surface area contributed by atoms with E-state index in [1.807, 2.05) is 0 Å². The first-order valence-electron chi connectivity index (χ1n) is 8.91. The molecule has 3 rings (SSSR count). The molecular weight excluding hydrogens is 380 g/mol. The van der Waals surface area contributed by atoms with Gasteiger partial charge in [-0.3, -0.25) is 23.7 Å². The number of carbonyl (C=O) groups excluding carboxylic acids is 3. The Morgan fingerprint density at radius 1 is 1.03 bits per heavy atom. The average molecular weight is 400 g/mol. The van der Waals surface area contributed by atoms with E-state index < -0.39 is 40.6 Å². The molecular formula is C20H20N2O7. The van der Waals surface area contributed by atoms with Crippen molar-refractivity contribution in [3.63, 3.8) is 0 Å². The van der Waals surface area contributed by atoms with Crippen LogP contribution in [-0.2, 0) is 19.1 Å².